The van der Waals surface area contributed by atoms with Crippen LogP contribution in [-0.2, 0) is 20.5 Å². The summed E-state index contributed by atoms with van der Waals surface area (Å²) in [5.74, 6) is 2.59. The first-order valence-electron chi connectivity index (χ1n) is 8.52. The van der Waals surface area contributed by atoms with Gasteiger partial charge in [-0.15, -0.1) is 0 Å². The topological polar surface area (TPSA) is 90.7 Å². The van der Waals surface area contributed by atoms with Crippen LogP contribution in [0.25, 0.3) is 0 Å². The molecule has 1 aromatic rings. The Morgan fingerprint density at radius 2 is 1.84 bits per heavy atom. The van der Waals surface area contributed by atoms with Crippen LogP contribution in [0.2, 0.25) is 0 Å². The van der Waals surface area contributed by atoms with Crippen LogP contribution in [0.5, 0.6) is 0 Å². The summed E-state index contributed by atoms with van der Waals surface area (Å²) in [7, 11) is 0. The third kappa shape index (κ3) is 4.43. The summed E-state index contributed by atoms with van der Waals surface area (Å²) < 4.78 is 71.8. The fourth-order valence-corrected chi connectivity index (χ4v) is 2.78. The van der Waals surface area contributed by atoms with E-state index in [1.807, 2.05) is 0 Å². The Morgan fingerprint density at radius 3 is 2.35 bits per heavy atom. The number of benzene rings is 1. The molecule has 12 heteroatoms. The maximum absolute atomic E-state index is 13.8. The Balaban J connectivity index is 2.47. The van der Waals surface area contributed by atoms with Gasteiger partial charge in [0, 0.05) is 6.92 Å². The first-order valence-corrected chi connectivity index (χ1v) is 8.52. The van der Waals surface area contributed by atoms with Crippen LogP contribution in [0.15, 0.2) is 18.2 Å². The van der Waals surface area contributed by atoms with Crippen molar-refractivity contribution in [1.29, 1.82) is 5.26 Å². The summed E-state index contributed by atoms with van der Waals surface area (Å²) in [6, 6.07) is 2.07. The van der Waals surface area contributed by atoms with Crippen LogP contribution in [0.3, 0.4) is 0 Å². The van der Waals surface area contributed by atoms with Crippen molar-refractivity contribution in [3.63, 3.8) is 0 Å². The highest BCUT2D eigenvalue weighted by molar-refractivity contribution is 6.23. The molecule has 0 aliphatic carbocycles. The monoisotopic (exact) mass is 443 g/mol. The van der Waals surface area contributed by atoms with E-state index in [0.29, 0.717) is 11.0 Å². The van der Waals surface area contributed by atoms with Crippen molar-refractivity contribution in [2.45, 2.75) is 18.6 Å². The van der Waals surface area contributed by atoms with Gasteiger partial charge in [-0.3, -0.25) is 14.5 Å². The van der Waals surface area contributed by atoms with Gasteiger partial charge in [-0.2, -0.15) is 18.4 Å². The Labute approximate surface area is 173 Å². The Bertz CT molecular complexity index is 1000. The van der Waals surface area contributed by atoms with Crippen molar-refractivity contribution in [2.24, 2.45) is 0 Å². The van der Waals surface area contributed by atoms with Crippen molar-refractivity contribution < 1.29 is 41.1 Å². The maximum atomic E-state index is 13.8. The molecule has 164 valence electrons. The molecule has 0 N–H and O–H groups in total. The minimum Gasteiger partial charge on any atom is -0.453 e. The predicted octanol–water partition coefficient (Wildman–Crippen LogP) is 2.59. The average Bonchev–Trinajstić information content (AvgIpc) is 2.92. The summed E-state index contributed by atoms with van der Waals surface area (Å²) in [5.41, 5.74) is -5.40. The van der Waals surface area contributed by atoms with Crippen molar-refractivity contribution in [2.75, 3.05) is 31.4 Å². The minimum atomic E-state index is -4.98. The number of anilines is 1. The van der Waals surface area contributed by atoms with Crippen LogP contribution in [0, 0.1) is 23.2 Å². The fourth-order valence-electron chi connectivity index (χ4n) is 2.78. The Morgan fingerprint density at radius 1 is 1.19 bits per heavy atom. The molecular weight excluding hydrogens is 429 g/mol. The lowest BCUT2D eigenvalue weighted by Gasteiger charge is -2.28. The van der Waals surface area contributed by atoms with E-state index in [4.69, 9.17) is 5.26 Å². The number of halogens is 5. The van der Waals surface area contributed by atoms with Gasteiger partial charge in [0.15, 0.2) is 12.1 Å². The highest BCUT2D eigenvalue weighted by Crippen LogP contribution is 2.38. The summed E-state index contributed by atoms with van der Waals surface area (Å²) >= 11 is 0. The zero-order chi connectivity index (χ0) is 23.4. The molecule has 7 nitrogen and oxygen atoms in total. The van der Waals surface area contributed by atoms with Crippen LogP contribution >= 0.6 is 0 Å². The molecule has 0 radical (unpaired) electrons. The van der Waals surface area contributed by atoms with Gasteiger partial charge in [-0.05, 0) is 18.2 Å². The van der Waals surface area contributed by atoms with E-state index < -0.39 is 66.3 Å². The molecular formula is C19H14F5N3O4. The molecule has 3 amide bonds. The van der Waals surface area contributed by atoms with Crippen molar-refractivity contribution in [1.82, 2.24) is 4.90 Å². The number of carbonyl (C=O) groups excluding carboxylic acids is 3. The van der Waals surface area contributed by atoms with Gasteiger partial charge >= 0.3 is 18.2 Å². The number of alkyl halides is 5. The second-order valence-corrected chi connectivity index (χ2v) is 6.28. The van der Waals surface area contributed by atoms with E-state index in [-0.39, 0.29) is 11.5 Å². The van der Waals surface area contributed by atoms with Crippen LogP contribution in [0.4, 0.5) is 32.4 Å². The Hall–Kier alpha value is -3.67. The van der Waals surface area contributed by atoms with Gasteiger partial charge in [-0.25, -0.2) is 18.5 Å². The molecule has 1 aliphatic heterocycles. The number of hydrogen-bond donors (Lipinski definition) is 0. The van der Waals surface area contributed by atoms with Gasteiger partial charge in [0.05, 0.1) is 29.4 Å². The van der Waals surface area contributed by atoms with E-state index in [2.05, 4.69) is 16.6 Å². The van der Waals surface area contributed by atoms with Crippen LogP contribution in [-0.4, -0.2) is 54.8 Å². The number of hydrogen-bond acceptors (Lipinski definition) is 5. The number of esters is 1. The van der Waals surface area contributed by atoms with Gasteiger partial charge in [0.2, 0.25) is 0 Å². The summed E-state index contributed by atoms with van der Waals surface area (Å²) in [6.07, 6.45) is -4.98. The van der Waals surface area contributed by atoms with E-state index in [1.165, 1.54) is 6.07 Å². The number of carbonyl (C=O) groups is 3. The van der Waals surface area contributed by atoms with E-state index in [1.54, 1.807) is 0 Å². The lowest BCUT2D eigenvalue weighted by atomic mass is 10.0. The normalized spacial score (nSPS) is 15.4. The zero-order valence-corrected chi connectivity index (χ0v) is 15.9. The molecule has 0 unspecified atom stereocenters. The molecule has 1 aliphatic rings. The number of imide groups is 1. The molecule has 1 saturated heterocycles. The lowest BCUT2D eigenvalue weighted by molar-refractivity contribution is -0.139. The number of nitrogens with zero attached hydrogens (tertiary/aromatic N) is 3. The predicted molar refractivity (Wildman–Crippen MR) is 94.8 cm³/mol. The molecule has 0 aromatic heterocycles. The van der Waals surface area contributed by atoms with Crippen molar-refractivity contribution in [3.05, 3.63) is 29.3 Å². The maximum Gasteiger partial charge on any atom is 0.417 e. The highest BCUT2D eigenvalue weighted by atomic mass is 19.4. The minimum absolute atomic E-state index is 0.212. The first kappa shape index (κ1) is 23.6. The Kier molecular flexibility index (Phi) is 6.85. The molecule has 0 bridgehead atoms. The summed E-state index contributed by atoms with van der Waals surface area (Å²) in [4.78, 5) is 36.8. The summed E-state index contributed by atoms with van der Waals surface area (Å²) in [5, 5.41) is 8.87. The second-order valence-electron chi connectivity index (χ2n) is 6.28. The standard InChI is InChI=1S/C19H14F5N3O4/c1-12(28)31-7-3-2-6-26-17(30)27(16(29)18(26,10-20)11-21)14-5-4-13(9-25)15(8-14)19(22,23)24/h4-5,8H,6-7,10-11H2,1H3. The summed E-state index contributed by atoms with van der Waals surface area (Å²) in [6.45, 7) is -3.22. The molecule has 1 aromatic carbocycles. The van der Waals surface area contributed by atoms with Crippen LogP contribution < -0.4 is 4.90 Å². The van der Waals surface area contributed by atoms with E-state index >= 15 is 0 Å². The lowest BCUT2D eigenvalue weighted by Crippen LogP contribution is -2.53. The number of urea groups is 1. The molecule has 1 fully saturated rings. The highest BCUT2D eigenvalue weighted by Gasteiger charge is 2.58. The molecule has 0 spiro atoms. The number of ether oxygens (including phenoxy) is 1. The molecule has 31 heavy (non-hydrogen) atoms. The van der Waals surface area contributed by atoms with Gasteiger partial charge in [0.1, 0.15) is 13.3 Å². The van der Waals surface area contributed by atoms with Crippen molar-refractivity contribution >= 4 is 23.6 Å². The average molecular weight is 443 g/mol. The smallest absolute Gasteiger partial charge is 0.417 e. The van der Waals surface area contributed by atoms with Crippen molar-refractivity contribution in [3.8, 4) is 17.9 Å². The number of nitriles is 1. The zero-order valence-electron chi connectivity index (χ0n) is 15.9. The third-order valence-electron chi connectivity index (χ3n) is 4.38. The van der Waals surface area contributed by atoms with Gasteiger partial charge in [-0.1, -0.05) is 11.8 Å². The van der Waals surface area contributed by atoms with E-state index in [9.17, 15) is 36.3 Å². The SMILES string of the molecule is CC(=O)OCC#CCN1C(=O)N(c2ccc(C#N)c(C(F)(F)F)c2)C(=O)C1(CF)CF. The quantitative estimate of drug-likeness (QED) is 0.302. The third-order valence-corrected chi connectivity index (χ3v) is 4.38. The second kappa shape index (κ2) is 9.00. The molecule has 0 saturated carbocycles. The first-order chi connectivity index (χ1) is 14.5. The van der Waals surface area contributed by atoms with Gasteiger partial charge in [0.25, 0.3) is 5.91 Å². The molecule has 1 heterocycles. The fraction of sp³-hybridized carbons (Fsp3) is 0.368. The molecule has 2 rings (SSSR count). The number of rotatable bonds is 5. The van der Waals surface area contributed by atoms with E-state index in [0.717, 1.165) is 19.1 Å². The number of amides is 3. The molecule has 0 atom stereocenters. The van der Waals surface area contributed by atoms with Gasteiger partial charge < -0.3 is 4.74 Å². The van der Waals surface area contributed by atoms with Crippen LogP contribution in [0.1, 0.15) is 18.1 Å². The largest absolute Gasteiger partial charge is 0.453 e.